The first-order valence-electron chi connectivity index (χ1n) is 9.94. The molecule has 0 radical (unpaired) electrons. The second-order valence-corrected chi connectivity index (χ2v) is 7.25. The number of anilines is 1. The van der Waals surface area contributed by atoms with Gasteiger partial charge in [0.2, 0.25) is 5.91 Å². The highest BCUT2D eigenvalue weighted by molar-refractivity contribution is 5.96. The van der Waals surface area contributed by atoms with Crippen LogP contribution in [0.2, 0.25) is 0 Å². The van der Waals surface area contributed by atoms with Gasteiger partial charge in [0, 0.05) is 23.8 Å². The molecule has 5 heteroatoms. The molecule has 3 rings (SSSR count). The maximum Gasteiger partial charge on any atom is 0.261 e. The lowest BCUT2D eigenvalue weighted by atomic mass is 9.95. The minimum absolute atomic E-state index is 0.00809. The van der Waals surface area contributed by atoms with Crippen molar-refractivity contribution in [1.82, 2.24) is 4.90 Å². The molecular weight excluding hydrogens is 352 g/mol. The monoisotopic (exact) mass is 380 g/mol. The zero-order chi connectivity index (χ0) is 20.1. The molecule has 1 aliphatic heterocycles. The van der Waals surface area contributed by atoms with Crippen LogP contribution in [0.5, 0.6) is 5.75 Å². The number of hydrogen-bond donors (Lipinski definition) is 1. The van der Waals surface area contributed by atoms with E-state index in [-0.39, 0.29) is 30.4 Å². The summed E-state index contributed by atoms with van der Waals surface area (Å²) in [5, 5.41) is 3.03. The van der Waals surface area contributed by atoms with Crippen LogP contribution in [0.15, 0.2) is 48.5 Å². The third-order valence-electron chi connectivity index (χ3n) is 5.39. The van der Waals surface area contributed by atoms with Crippen LogP contribution in [0.25, 0.3) is 0 Å². The molecule has 28 heavy (non-hydrogen) atoms. The molecule has 2 aromatic rings. The molecule has 1 N–H and O–H groups in total. The van der Waals surface area contributed by atoms with E-state index in [1.165, 1.54) is 0 Å². The molecule has 2 atom stereocenters. The molecule has 0 aromatic heterocycles. The third kappa shape index (κ3) is 4.35. The molecule has 0 bridgehead atoms. The summed E-state index contributed by atoms with van der Waals surface area (Å²) in [4.78, 5) is 27.0. The number of hydrogen-bond acceptors (Lipinski definition) is 3. The molecule has 0 saturated heterocycles. The van der Waals surface area contributed by atoms with Crippen molar-refractivity contribution in [1.29, 1.82) is 0 Å². The first kappa shape index (κ1) is 19.9. The quantitative estimate of drug-likeness (QED) is 0.811. The minimum Gasteiger partial charge on any atom is -0.483 e. The smallest absolute Gasteiger partial charge is 0.261 e. The van der Waals surface area contributed by atoms with Gasteiger partial charge in [-0.25, -0.2) is 0 Å². The van der Waals surface area contributed by atoms with Gasteiger partial charge in [-0.2, -0.15) is 0 Å². The molecule has 0 fully saturated rings. The maximum absolute atomic E-state index is 12.8. The Morgan fingerprint density at radius 3 is 2.57 bits per heavy atom. The standard InChI is InChI=1S/C23H28N2O3/c1-4-16(3)25-14-18-13-19(11-12-21(18)28-15-22(25)26)24-23(27)20(5-2)17-9-7-6-8-10-17/h6-13,16,20H,4-5,14-15H2,1-3H3,(H,24,27)/t16-,20-/m0/s1. The second kappa shape index (κ2) is 8.91. The number of rotatable bonds is 6. The Balaban J connectivity index is 1.79. The highest BCUT2D eigenvalue weighted by atomic mass is 16.5. The molecule has 2 amide bonds. The van der Waals surface area contributed by atoms with Gasteiger partial charge in [-0.15, -0.1) is 0 Å². The van der Waals surface area contributed by atoms with E-state index in [2.05, 4.69) is 12.2 Å². The van der Waals surface area contributed by atoms with Crippen LogP contribution in [-0.2, 0) is 16.1 Å². The summed E-state index contributed by atoms with van der Waals surface area (Å²) in [5.74, 6) is 0.464. The lowest BCUT2D eigenvalue weighted by Crippen LogP contribution is -2.39. The van der Waals surface area contributed by atoms with Crippen LogP contribution in [0.4, 0.5) is 5.69 Å². The Bertz CT molecular complexity index is 835. The lowest BCUT2D eigenvalue weighted by molar-refractivity contribution is -0.135. The number of fused-ring (bicyclic) bond motifs is 1. The molecule has 0 unspecified atom stereocenters. The van der Waals surface area contributed by atoms with Gasteiger partial charge in [-0.3, -0.25) is 9.59 Å². The average Bonchev–Trinajstić information content (AvgIpc) is 2.87. The van der Waals surface area contributed by atoms with Crippen LogP contribution in [0.3, 0.4) is 0 Å². The number of carbonyl (C=O) groups excluding carboxylic acids is 2. The van der Waals surface area contributed by atoms with Crippen molar-refractivity contribution in [3.05, 3.63) is 59.7 Å². The first-order chi connectivity index (χ1) is 13.5. The van der Waals surface area contributed by atoms with E-state index >= 15 is 0 Å². The SMILES string of the molecule is CC[C@H](C(=O)Nc1ccc2c(c1)CN([C@@H](C)CC)C(=O)CO2)c1ccccc1. The normalized spacial score (nSPS) is 15.8. The Hall–Kier alpha value is -2.82. The van der Waals surface area contributed by atoms with Crippen LogP contribution in [-0.4, -0.2) is 29.4 Å². The van der Waals surface area contributed by atoms with Gasteiger partial charge < -0.3 is 15.0 Å². The van der Waals surface area contributed by atoms with Gasteiger partial charge in [-0.05, 0) is 43.5 Å². The summed E-state index contributed by atoms with van der Waals surface area (Å²) in [6.45, 7) is 6.66. The summed E-state index contributed by atoms with van der Waals surface area (Å²) >= 11 is 0. The van der Waals surface area contributed by atoms with Crippen molar-refractivity contribution in [2.45, 2.75) is 52.1 Å². The van der Waals surface area contributed by atoms with Gasteiger partial charge in [0.25, 0.3) is 5.91 Å². The summed E-state index contributed by atoms with van der Waals surface area (Å²) in [6.07, 6.45) is 1.60. The molecule has 1 heterocycles. The van der Waals surface area contributed by atoms with E-state index < -0.39 is 0 Å². The summed E-state index contributed by atoms with van der Waals surface area (Å²) in [5.41, 5.74) is 2.64. The first-order valence-corrected chi connectivity index (χ1v) is 9.94. The number of carbonyl (C=O) groups is 2. The van der Waals surface area contributed by atoms with Crippen molar-refractivity contribution in [3.63, 3.8) is 0 Å². The summed E-state index contributed by atoms with van der Waals surface area (Å²) in [7, 11) is 0. The fourth-order valence-electron chi connectivity index (χ4n) is 3.52. The van der Waals surface area contributed by atoms with Crippen LogP contribution in [0.1, 0.15) is 50.7 Å². The zero-order valence-corrected chi connectivity index (χ0v) is 16.8. The predicted octanol–water partition coefficient (Wildman–Crippen LogP) is 4.34. The highest BCUT2D eigenvalue weighted by Crippen LogP contribution is 2.29. The van der Waals surface area contributed by atoms with Gasteiger partial charge in [0.15, 0.2) is 6.61 Å². The van der Waals surface area contributed by atoms with Gasteiger partial charge in [-0.1, -0.05) is 44.2 Å². The number of benzene rings is 2. The van der Waals surface area contributed by atoms with E-state index in [1.807, 2.05) is 67.3 Å². The largest absolute Gasteiger partial charge is 0.483 e. The number of amides is 2. The molecular formula is C23H28N2O3. The van der Waals surface area contributed by atoms with Gasteiger partial charge in [0.1, 0.15) is 5.75 Å². The van der Waals surface area contributed by atoms with Crippen molar-refractivity contribution in [2.24, 2.45) is 0 Å². The molecule has 0 saturated carbocycles. The molecule has 1 aliphatic rings. The van der Waals surface area contributed by atoms with Crippen molar-refractivity contribution < 1.29 is 14.3 Å². The molecule has 0 spiro atoms. The lowest BCUT2D eigenvalue weighted by Gasteiger charge is -2.26. The fourth-order valence-corrected chi connectivity index (χ4v) is 3.52. The van der Waals surface area contributed by atoms with Crippen molar-refractivity contribution in [3.8, 4) is 5.75 Å². The van der Waals surface area contributed by atoms with Crippen LogP contribution in [0, 0.1) is 0 Å². The number of nitrogens with one attached hydrogen (secondary N) is 1. The molecule has 5 nitrogen and oxygen atoms in total. The van der Waals surface area contributed by atoms with Crippen LogP contribution < -0.4 is 10.1 Å². The predicted molar refractivity (Wildman–Crippen MR) is 110 cm³/mol. The zero-order valence-electron chi connectivity index (χ0n) is 16.8. The Morgan fingerprint density at radius 1 is 1.14 bits per heavy atom. The van der Waals surface area contributed by atoms with E-state index in [0.717, 1.165) is 29.7 Å². The Labute approximate surface area is 166 Å². The maximum atomic E-state index is 12.8. The van der Waals surface area contributed by atoms with Crippen LogP contribution >= 0.6 is 0 Å². The Morgan fingerprint density at radius 2 is 1.89 bits per heavy atom. The average molecular weight is 380 g/mol. The minimum atomic E-state index is -0.200. The van der Waals surface area contributed by atoms with Crippen molar-refractivity contribution in [2.75, 3.05) is 11.9 Å². The number of nitrogens with zero attached hydrogens (tertiary/aromatic N) is 1. The van der Waals surface area contributed by atoms with Gasteiger partial charge >= 0.3 is 0 Å². The Kier molecular flexibility index (Phi) is 6.34. The highest BCUT2D eigenvalue weighted by Gasteiger charge is 2.25. The number of ether oxygens (including phenoxy) is 1. The third-order valence-corrected chi connectivity index (χ3v) is 5.39. The van der Waals surface area contributed by atoms with Crippen molar-refractivity contribution >= 4 is 17.5 Å². The summed E-state index contributed by atoms with van der Waals surface area (Å²) < 4.78 is 5.68. The molecule has 148 valence electrons. The summed E-state index contributed by atoms with van der Waals surface area (Å²) in [6, 6.07) is 15.5. The fraction of sp³-hybridized carbons (Fsp3) is 0.391. The second-order valence-electron chi connectivity index (χ2n) is 7.25. The van der Waals surface area contributed by atoms with E-state index in [9.17, 15) is 9.59 Å². The van der Waals surface area contributed by atoms with Gasteiger partial charge in [0.05, 0.1) is 5.92 Å². The molecule has 2 aromatic carbocycles. The topological polar surface area (TPSA) is 58.6 Å². The molecule has 0 aliphatic carbocycles. The van der Waals surface area contributed by atoms with E-state index in [0.29, 0.717) is 12.3 Å². The van der Waals surface area contributed by atoms with E-state index in [1.54, 1.807) is 0 Å². The van der Waals surface area contributed by atoms with E-state index in [4.69, 9.17) is 4.74 Å².